The van der Waals surface area contributed by atoms with E-state index >= 15 is 0 Å². The van der Waals surface area contributed by atoms with Gasteiger partial charge in [0.05, 0.1) is 11.8 Å². The van der Waals surface area contributed by atoms with E-state index < -0.39 is 10.0 Å². The van der Waals surface area contributed by atoms with Crippen LogP contribution in [0.4, 0.5) is 5.69 Å². The van der Waals surface area contributed by atoms with Gasteiger partial charge in [-0.05, 0) is 43.2 Å². The molecular weight excluding hydrogens is 362 g/mol. The molecule has 0 aliphatic carbocycles. The molecule has 0 bridgehead atoms. The number of aliphatic imine (C=N–C) groups is 1. The van der Waals surface area contributed by atoms with E-state index in [0.717, 1.165) is 47.1 Å². The van der Waals surface area contributed by atoms with E-state index in [1.807, 2.05) is 49.4 Å². The van der Waals surface area contributed by atoms with E-state index in [1.54, 1.807) is 4.31 Å². The van der Waals surface area contributed by atoms with Crippen molar-refractivity contribution in [1.82, 2.24) is 9.21 Å². The summed E-state index contributed by atoms with van der Waals surface area (Å²) in [6, 6.07) is 13.9. The van der Waals surface area contributed by atoms with Gasteiger partial charge in [0, 0.05) is 26.2 Å². The van der Waals surface area contributed by atoms with Gasteiger partial charge in [-0.1, -0.05) is 18.2 Å². The summed E-state index contributed by atoms with van der Waals surface area (Å²) < 4.78 is 31.6. The Balaban J connectivity index is 1.75. The minimum absolute atomic E-state index is 0.460. The highest BCUT2D eigenvalue weighted by Gasteiger charge is 2.26. The molecule has 0 unspecified atom stereocenters. The Bertz CT molecular complexity index is 1000. The number of nitrogens with zero attached hydrogens (tertiary/aromatic N) is 3. The first-order chi connectivity index (χ1) is 12.9. The van der Waals surface area contributed by atoms with Gasteiger partial charge in [-0.25, -0.2) is 17.7 Å². The lowest BCUT2D eigenvalue weighted by Crippen LogP contribution is -2.37. The maximum absolute atomic E-state index is 11.9. The number of benzene rings is 2. The van der Waals surface area contributed by atoms with Gasteiger partial charge in [-0.15, -0.1) is 0 Å². The highest BCUT2D eigenvalue weighted by atomic mass is 32.2. The summed E-state index contributed by atoms with van der Waals surface area (Å²) in [7, 11) is -3.18. The predicted octanol–water partition coefficient (Wildman–Crippen LogP) is 3.15. The molecular formula is C20H23N3O3S. The zero-order valence-electron chi connectivity index (χ0n) is 15.6. The molecule has 0 saturated carbocycles. The Morgan fingerprint density at radius 2 is 1.81 bits per heavy atom. The fourth-order valence-electron chi connectivity index (χ4n) is 3.51. The second kappa shape index (κ2) is 6.98. The highest BCUT2D eigenvalue weighted by molar-refractivity contribution is 7.88. The van der Waals surface area contributed by atoms with E-state index in [0.29, 0.717) is 19.6 Å². The first-order valence-corrected chi connectivity index (χ1v) is 10.9. The summed E-state index contributed by atoms with van der Waals surface area (Å²) in [5.41, 5.74) is 2.83. The fraction of sp³-hybridized carbons (Fsp3) is 0.350. The molecule has 2 aliphatic heterocycles. The minimum atomic E-state index is -3.18. The lowest BCUT2D eigenvalue weighted by Gasteiger charge is -2.25. The number of sulfonamides is 1. The molecule has 27 heavy (non-hydrogen) atoms. The van der Waals surface area contributed by atoms with Gasteiger partial charge < -0.3 is 9.64 Å². The minimum Gasteiger partial charge on any atom is -0.454 e. The first-order valence-electron chi connectivity index (χ1n) is 9.08. The van der Waals surface area contributed by atoms with Crippen LogP contribution in [0.25, 0.3) is 0 Å². The topological polar surface area (TPSA) is 62.2 Å². The molecule has 1 saturated heterocycles. The van der Waals surface area contributed by atoms with Crippen LogP contribution in [0.1, 0.15) is 17.5 Å². The van der Waals surface area contributed by atoms with Gasteiger partial charge in [0.2, 0.25) is 10.0 Å². The van der Waals surface area contributed by atoms with Crippen molar-refractivity contribution in [1.29, 1.82) is 0 Å². The van der Waals surface area contributed by atoms with Crippen molar-refractivity contribution in [2.24, 2.45) is 4.99 Å². The molecule has 0 atom stereocenters. The van der Waals surface area contributed by atoms with E-state index in [9.17, 15) is 8.42 Å². The first kappa shape index (κ1) is 18.0. The Morgan fingerprint density at radius 3 is 2.63 bits per heavy atom. The standard InChI is InChI=1S/C20H23N3O3S/c1-15-8-9-17-19(14-15)26-18-7-4-3-6-16(18)20(21-17)22-10-5-11-23(13-12-22)27(2,24)25/h3-4,6-9,14H,5,10-13H2,1-2H3. The van der Waals surface area contributed by atoms with Crippen LogP contribution in [0, 0.1) is 6.92 Å². The lowest BCUT2D eigenvalue weighted by molar-refractivity contribution is 0.410. The van der Waals surface area contributed by atoms with Crippen molar-refractivity contribution < 1.29 is 13.2 Å². The summed E-state index contributed by atoms with van der Waals surface area (Å²) in [5, 5.41) is 0. The van der Waals surface area contributed by atoms with Crippen molar-refractivity contribution in [3.05, 3.63) is 53.6 Å². The fourth-order valence-corrected chi connectivity index (χ4v) is 4.38. The Kier molecular flexibility index (Phi) is 4.65. The SMILES string of the molecule is Cc1ccc2c(c1)Oc1ccccc1C(N1CCCN(S(C)(=O)=O)CC1)=N2. The number of ether oxygens (including phenoxy) is 1. The van der Waals surface area contributed by atoms with Gasteiger partial charge in [0.1, 0.15) is 17.3 Å². The second-order valence-corrected chi connectivity index (χ2v) is 8.99. The smallest absolute Gasteiger partial charge is 0.211 e. The van der Waals surface area contributed by atoms with Crippen molar-refractivity contribution in [3.8, 4) is 11.5 Å². The van der Waals surface area contributed by atoms with Crippen molar-refractivity contribution in [2.45, 2.75) is 13.3 Å². The molecule has 0 aromatic heterocycles. The molecule has 0 N–H and O–H groups in total. The Labute approximate surface area is 160 Å². The molecule has 1 fully saturated rings. The molecule has 7 heteroatoms. The molecule has 2 aromatic carbocycles. The summed E-state index contributed by atoms with van der Waals surface area (Å²) in [6.07, 6.45) is 2.03. The third-order valence-electron chi connectivity index (χ3n) is 4.91. The van der Waals surface area contributed by atoms with Crippen molar-refractivity contribution >= 4 is 21.5 Å². The highest BCUT2D eigenvalue weighted by Crippen LogP contribution is 2.38. The predicted molar refractivity (Wildman–Crippen MR) is 106 cm³/mol. The van der Waals surface area contributed by atoms with Crippen LogP contribution < -0.4 is 4.74 Å². The second-order valence-electron chi connectivity index (χ2n) is 7.01. The summed E-state index contributed by atoms with van der Waals surface area (Å²) in [6.45, 7) is 4.37. The van der Waals surface area contributed by atoms with Crippen LogP contribution in [0.15, 0.2) is 47.5 Å². The van der Waals surface area contributed by atoms with Gasteiger partial charge >= 0.3 is 0 Å². The summed E-state index contributed by atoms with van der Waals surface area (Å²) in [4.78, 5) is 7.09. The lowest BCUT2D eigenvalue weighted by atomic mass is 10.1. The number of amidine groups is 1. The zero-order chi connectivity index (χ0) is 19.0. The maximum atomic E-state index is 11.9. The largest absolute Gasteiger partial charge is 0.454 e. The molecule has 2 aliphatic rings. The third kappa shape index (κ3) is 3.70. The quantitative estimate of drug-likeness (QED) is 0.757. The molecule has 2 heterocycles. The summed E-state index contributed by atoms with van der Waals surface area (Å²) in [5.74, 6) is 2.35. The van der Waals surface area contributed by atoms with E-state index in [4.69, 9.17) is 9.73 Å². The van der Waals surface area contributed by atoms with Gasteiger partial charge in [-0.2, -0.15) is 0 Å². The Morgan fingerprint density at radius 1 is 1.00 bits per heavy atom. The summed E-state index contributed by atoms with van der Waals surface area (Å²) >= 11 is 0. The van der Waals surface area contributed by atoms with Gasteiger partial charge in [0.25, 0.3) is 0 Å². The molecule has 0 amide bonds. The van der Waals surface area contributed by atoms with Crippen LogP contribution in [-0.2, 0) is 10.0 Å². The number of para-hydroxylation sites is 1. The number of rotatable bonds is 1. The maximum Gasteiger partial charge on any atom is 0.211 e. The van der Waals surface area contributed by atoms with E-state index in [1.165, 1.54) is 6.26 Å². The molecule has 6 nitrogen and oxygen atoms in total. The molecule has 0 radical (unpaired) electrons. The van der Waals surface area contributed by atoms with E-state index in [2.05, 4.69) is 4.90 Å². The van der Waals surface area contributed by atoms with E-state index in [-0.39, 0.29) is 0 Å². The van der Waals surface area contributed by atoms with Crippen LogP contribution in [0.5, 0.6) is 11.5 Å². The molecule has 142 valence electrons. The number of hydrogen-bond acceptors (Lipinski definition) is 5. The molecule has 2 aromatic rings. The van der Waals surface area contributed by atoms with Crippen LogP contribution in [0.2, 0.25) is 0 Å². The van der Waals surface area contributed by atoms with Gasteiger partial charge in [-0.3, -0.25) is 0 Å². The van der Waals surface area contributed by atoms with Crippen LogP contribution in [0.3, 0.4) is 0 Å². The number of hydrogen-bond donors (Lipinski definition) is 0. The molecule has 4 rings (SSSR count). The monoisotopic (exact) mass is 385 g/mol. The average molecular weight is 385 g/mol. The van der Waals surface area contributed by atoms with Crippen molar-refractivity contribution in [3.63, 3.8) is 0 Å². The van der Waals surface area contributed by atoms with Crippen molar-refractivity contribution in [2.75, 3.05) is 32.4 Å². The number of aryl methyl sites for hydroxylation is 1. The average Bonchev–Trinajstić information content (AvgIpc) is 2.95. The normalized spacial score (nSPS) is 17.9. The van der Waals surface area contributed by atoms with Gasteiger partial charge in [0.15, 0.2) is 5.75 Å². The Hall–Kier alpha value is -2.38. The molecule has 0 spiro atoms. The van der Waals surface area contributed by atoms with Crippen LogP contribution in [-0.4, -0.2) is 55.9 Å². The zero-order valence-corrected chi connectivity index (χ0v) is 16.4. The third-order valence-corrected chi connectivity index (χ3v) is 6.22. The van der Waals surface area contributed by atoms with Crippen LogP contribution >= 0.6 is 0 Å². The number of fused-ring (bicyclic) bond motifs is 2.